The summed E-state index contributed by atoms with van der Waals surface area (Å²) in [7, 11) is 0. The summed E-state index contributed by atoms with van der Waals surface area (Å²) >= 11 is 5.96. The average molecular weight is 310 g/mol. The molecule has 0 unspecified atom stereocenters. The number of hydrogen-bond donors (Lipinski definition) is 1. The highest BCUT2D eigenvalue weighted by Gasteiger charge is 2.17. The minimum absolute atomic E-state index is 0.279. The van der Waals surface area contributed by atoms with E-state index in [0.717, 1.165) is 5.56 Å². The molecule has 0 spiro atoms. The third kappa shape index (κ3) is 4.52. The van der Waals surface area contributed by atoms with Crippen molar-refractivity contribution in [1.29, 1.82) is 0 Å². The molecule has 21 heavy (non-hydrogen) atoms. The Morgan fingerprint density at radius 1 is 1.33 bits per heavy atom. The van der Waals surface area contributed by atoms with Crippen molar-refractivity contribution in [3.63, 3.8) is 0 Å². The van der Waals surface area contributed by atoms with Gasteiger partial charge in [0, 0.05) is 23.2 Å². The molecule has 2 aromatic rings. The molecular formula is C15H20ClN3O2. The van der Waals surface area contributed by atoms with Gasteiger partial charge in [0.2, 0.25) is 11.7 Å². The summed E-state index contributed by atoms with van der Waals surface area (Å²) in [6.45, 7) is 6.97. The second-order valence-corrected chi connectivity index (χ2v) is 5.83. The van der Waals surface area contributed by atoms with E-state index in [-0.39, 0.29) is 6.04 Å². The van der Waals surface area contributed by atoms with E-state index < -0.39 is 6.10 Å². The Labute approximate surface area is 129 Å². The summed E-state index contributed by atoms with van der Waals surface area (Å²) < 4.78 is 5.29. The van der Waals surface area contributed by atoms with Gasteiger partial charge in [-0.25, -0.2) is 0 Å². The molecule has 1 aromatic carbocycles. The normalized spacial score (nSPS) is 13.1. The first-order valence-corrected chi connectivity index (χ1v) is 7.34. The number of halogens is 1. The molecule has 114 valence electrons. The quantitative estimate of drug-likeness (QED) is 0.889. The van der Waals surface area contributed by atoms with Crippen LogP contribution >= 0.6 is 11.6 Å². The summed E-state index contributed by atoms with van der Waals surface area (Å²) in [6, 6.07) is 7.61. The summed E-state index contributed by atoms with van der Waals surface area (Å²) in [4.78, 5) is 6.47. The first kappa shape index (κ1) is 15.9. The average Bonchev–Trinajstić information content (AvgIpc) is 2.86. The molecule has 0 bridgehead atoms. The van der Waals surface area contributed by atoms with Crippen molar-refractivity contribution in [2.75, 3.05) is 6.54 Å². The molecule has 0 amide bonds. The number of nitrogens with zero attached hydrogens (tertiary/aromatic N) is 3. The van der Waals surface area contributed by atoms with E-state index in [2.05, 4.69) is 28.9 Å². The van der Waals surface area contributed by atoms with Gasteiger partial charge in [-0.2, -0.15) is 4.98 Å². The number of hydrogen-bond acceptors (Lipinski definition) is 5. The Morgan fingerprint density at radius 3 is 2.71 bits per heavy atom. The number of rotatable bonds is 6. The molecule has 1 atom stereocenters. The van der Waals surface area contributed by atoms with Gasteiger partial charge in [-0.1, -0.05) is 28.9 Å². The van der Waals surface area contributed by atoms with Gasteiger partial charge >= 0.3 is 0 Å². The minimum Gasteiger partial charge on any atom is -0.392 e. The Bertz CT molecular complexity index is 584. The fourth-order valence-corrected chi connectivity index (χ4v) is 2.23. The number of benzene rings is 1. The summed E-state index contributed by atoms with van der Waals surface area (Å²) in [5.41, 5.74) is 0.823. The first-order valence-electron chi connectivity index (χ1n) is 6.96. The fourth-order valence-electron chi connectivity index (χ4n) is 2.03. The van der Waals surface area contributed by atoms with E-state index in [4.69, 9.17) is 16.1 Å². The zero-order valence-corrected chi connectivity index (χ0v) is 13.2. The van der Waals surface area contributed by atoms with Crippen molar-refractivity contribution < 1.29 is 9.63 Å². The maximum absolute atomic E-state index is 9.54. The molecule has 0 saturated heterocycles. The van der Waals surface area contributed by atoms with Gasteiger partial charge in [0.05, 0.1) is 12.6 Å². The van der Waals surface area contributed by atoms with Crippen molar-refractivity contribution in [2.24, 2.45) is 0 Å². The highest BCUT2D eigenvalue weighted by Crippen LogP contribution is 2.20. The van der Waals surface area contributed by atoms with Gasteiger partial charge < -0.3 is 9.63 Å². The number of aromatic nitrogens is 2. The van der Waals surface area contributed by atoms with Crippen molar-refractivity contribution >= 4 is 11.6 Å². The van der Waals surface area contributed by atoms with Gasteiger partial charge in [-0.3, -0.25) is 4.90 Å². The zero-order valence-electron chi connectivity index (χ0n) is 12.5. The Kier molecular flexibility index (Phi) is 5.33. The SMILES string of the molecule is CC(C)N(Cc1nc(-c2cccc(Cl)c2)no1)C[C@@H](C)O. The molecule has 1 aromatic heterocycles. The van der Waals surface area contributed by atoms with E-state index >= 15 is 0 Å². The molecule has 0 fully saturated rings. The maximum Gasteiger partial charge on any atom is 0.241 e. The first-order chi connectivity index (χ1) is 9.95. The second-order valence-electron chi connectivity index (χ2n) is 5.39. The highest BCUT2D eigenvalue weighted by atomic mass is 35.5. The van der Waals surface area contributed by atoms with E-state index in [1.807, 2.05) is 12.1 Å². The van der Waals surface area contributed by atoms with Gasteiger partial charge in [-0.15, -0.1) is 0 Å². The zero-order chi connectivity index (χ0) is 15.4. The lowest BCUT2D eigenvalue weighted by Gasteiger charge is -2.25. The predicted molar refractivity (Wildman–Crippen MR) is 82.0 cm³/mol. The lowest BCUT2D eigenvalue weighted by atomic mass is 10.2. The molecule has 0 aliphatic carbocycles. The van der Waals surface area contributed by atoms with Crippen LogP contribution in [0, 0.1) is 0 Å². The Hall–Kier alpha value is -1.43. The van der Waals surface area contributed by atoms with Crippen LogP contribution < -0.4 is 0 Å². The van der Waals surface area contributed by atoms with Crippen LogP contribution in [0.4, 0.5) is 0 Å². The smallest absolute Gasteiger partial charge is 0.241 e. The number of aliphatic hydroxyl groups excluding tert-OH is 1. The van der Waals surface area contributed by atoms with Crippen LogP contribution in [0.5, 0.6) is 0 Å². The van der Waals surface area contributed by atoms with Crippen molar-refractivity contribution in [3.05, 3.63) is 35.2 Å². The highest BCUT2D eigenvalue weighted by molar-refractivity contribution is 6.30. The lowest BCUT2D eigenvalue weighted by Crippen LogP contribution is -2.36. The van der Waals surface area contributed by atoms with Crippen molar-refractivity contribution in [1.82, 2.24) is 15.0 Å². The molecule has 0 aliphatic rings. The summed E-state index contributed by atoms with van der Waals surface area (Å²) in [6.07, 6.45) is -0.400. The van der Waals surface area contributed by atoms with Crippen LogP contribution in [0.3, 0.4) is 0 Å². The van der Waals surface area contributed by atoms with Crippen LogP contribution in [0.1, 0.15) is 26.7 Å². The Morgan fingerprint density at radius 2 is 2.10 bits per heavy atom. The van der Waals surface area contributed by atoms with Gasteiger partial charge in [-0.05, 0) is 32.9 Å². The second kappa shape index (κ2) is 7.02. The Balaban J connectivity index is 2.12. The van der Waals surface area contributed by atoms with Crippen LogP contribution in [-0.2, 0) is 6.54 Å². The van der Waals surface area contributed by atoms with Gasteiger partial charge in [0.1, 0.15) is 0 Å². The van der Waals surface area contributed by atoms with Crippen molar-refractivity contribution in [2.45, 2.75) is 39.5 Å². The van der Waals surface area contributed by atoms with E-state index in [9.17, 15) is 5.11 Å². The molecule has 2 rings (SSSR count). The van der Waals surface area contributed by atoms with Crippen molar-refractivity contribution in [3.8, 4) is 11.4 Å². The lowest BCUT2D eigenvalue weighted by molar-refractivity contribution is 0.0943. The summed E-state index contributed by atoms with van der Waals surface area (Å²) in [5, 5.41) is 14.2. The number of aliphatic hydroxyl groups is 1. The molecule has 6 heteroatoms. The predicted octanol–water partition coefficient (Wildman–Crippen LogP) is 2.98. The molecule has 1 N–H and O–H groups in total. The minimum atomic E-state index is -0.400. The van der Waals surface area contributed by atoms with Gasteiger partial charge in [0.15, 0.2) is 0 Å². The third-order valence-corrected chi connectivity index (χ3v) is 3.35. The van der Waals surface area contributed by atoms with E-state index in [1.54, 1.807) is 19.1 Å². The third-order valence-electron chi connectivity index (χ3n) is 3.12. The summed E-state index contributed by atoms with van der Waals surface area (Å²) in [5.74, 6) is 1.05. The van der Waals surface area contributed by atoms with E-state index in [1.165, 1.54) is 0 Å². The van der Waals surface area contributed by atoms with Crippen LogP contribution in [-0.4, -0.2) is 38.8 Å². The molecule has 0 radical (unpaired) electrons. The molecule has 1 heterocycles. The van der Waals surface area contributed by atoms with E-state index in [0.29, 0.717) is 29.8 Å². The maximum atomic E-state index is 9.54. The monoisotopic (exact) mass is 309 g/mol. The largest absolute Gasteiger partial charge is 0.392 e. The molecule has 5 nitrogen and oxygen atoms in total. The topological polar surface area (TPSA) is 62.4 Å². The van der Waals surface area contributed by atoms with Crippen LogP contribution in [0.25, 0.3) is 11.4 Å². The molecular weight excluding hydrogens is 290 g/mol. The molecule has 0 saturated carbocycles. The molecule has 0 aliphatic heterocycles. The standard InChI is InChI=1S/C15H20ClN3O2/c1-10(2)19(8-11(3)20)9-14-17-15(18-21-14)12-5-4-6-13(16)7-12/h4-7,10-11,20H,8-9H2,1-3H3/t11-/m1/s1. The van der Waals surface area contributed by atoms with Crippen LogP contribution in [0.2, 0.25) is 5.02 Å². The van der Waals surface area contributed by atoms with Gasteiger partial charge in [0.25, 0.3) is 0 Å². The fraction of sp³-hybridized carbons (Fsp3) is 0.467. The van der Waals surface area contributed by atoms with Crippen LogP contribution in [0.15, 0.2) is 28.8 Å².